The minimum atomic E-state index is -5.08. The first-order valence-electron chi connectivity index (χ1n) is 37.9. The van der Waals surface area contributed by atoms with E-state index in [4.69, 9.17) is 29.8 Å². The van der Waals surface area contributed by atoms with Gasteiger partial charge in [0.1, 0.15) is 30.8 Å². The van der Waals surface area contributed by atoms with E-state index in [2.05, 4.69) is 37.2 Å². The largest absolute Gasteiger partial charge is 0.490 e. The Hall–Kier alpha value is -10.0. The number of ether oxygens (including phenoxy) is 3. The summed E-state index contributed by atoms with van der Waals surface area (Å²) < 4.78 is 49.4. The molecule has 620 valence electrons. The lowest BCUT2D eigenvalue weighted by Gasteiger charge is -2.41. The molecule has 11 atom stereocenters. The number of benzene rings is 3. The molecule has 2 aliphatic rings. The number of aryl methyl sites for hydroxylation is 1. The number of halogens is 3. The Balaban J connectivity index is 0.00000359. The lowest BCUT2D eigenvalue weighted by atomic mass is 9.89. The molecule has 0 spiro atoms. The normalized spacial score (nSPS) is 16.1. The molecule has 0 aromatic heterocycles. The number of nitrogens with zero attached hydrogens (tertiary/aromatic N) is 4. The van der Waals surface area contributed by atoms with Gasteiger partial charge in [-0.25, -0.2) is 19.2 Å². The van der Waals surface area contributed by atoms with Crippen LogP contribution in [0.1, 0.15) is 150 Å². The molecule has 1 fully saturated rings. The molecule has 5 rings (SSSR count). The number of carbonyl (C=O) groups is 13. The van der Waals surface area contributed by atoms with Crippen molar-refractivity contribution in [3.63, 3.8) is 0 Å². The van der Waals surface area contributed by atoms with Crippen LogP contribution in [0.15, 0.2) is 91.0 Å². The summed E-state index contributed by atoms with van der Waals surface area (Å²) in [5, 5.41) is 37.1. The van der Waals surface area contributed by atoms with E-state index in [-0.39, 0.29) is 111 Å². The Morgan fingerprint density at radius 2 is 1.25 bits per heavy atom. The van der Waals surface area contributed by atoms with Gasteiger partial charge in [-0.3, -0.25) is 53.0 Å². The van der Waals surface area contributed by atoms with E-state index in [1.54, 1.807) is 93.2 Å². The standard InChI is InChI=1S/C77H114N12O16.C2HF3O2/c1-14-50(8)68(60(103-12)45-64(93)88-43-23-28-59(88)69(104-13)51(9)70(94)83-58(75(99)100)44-53-24-17-15-18-25-53)87(11)74(98)67(49(6)7)85-72(96)65(47(2)3)79-40-21-26-52-32-36-56(37-33-52)86(10)77(102)105-46-54-30-34-55(35-31-54)81-71(95)57(27-22-41-80-76(78)101)82-73(97)66(48(4)5)84-61(90)29-19-16-20-42-89-62(91)38-39-63(89)92;3-2(4,5)1(6)7/h15,17-18,24-25,30-39,47-51,57-60,65-69,79H,14,16,19-23,26-29,40-46H2,1-13H3,(H,81,95)(H,82,97)(H,83,94)(H,84,90)(H,85,96)(H,99,100)(H3,78,80,101);(H,6,7)/t50-,51+,57-,58-,59-,60+,65-,66-,67-,68-,69+;/m0./s1. The number of methoxy groups -OCH3 is 2. The molecule has 11 N–H and O–H groups in total. The molecular formula is C79H115F3N12O18. The summed E-state index contributed by atoms with van der Waals surface area (Å²) in [4.78, 5) is 173. The van der Waals surface area contributed by atoms with Crippen molar-refractivity contribution in [3.8, 4) is 0 Å². The van der Waals surface area contributed by atoms with Gasteiger partial charge in [0.05, 0.1) is 42.7 Å². The number of hydrogen-bond donors (Lipinski definition) is 10. The lowest BCUT2D eigenvalue weighted by Crippen LogP contribution is -2.60. The predicted molar refractivity (Wildman–Crippen MR) is 411 cm³/mol. The van der Waals surface area contributed by atoms with Gasteiger partial charge in [-0.1, -0.05) is 130 Å². The van der Waals surface area contributed by atoms with Gasteiger partial charge in [0, 0.05) is 84.3 Å². The van der Waals surface area contributed by atoms with Crippen LogP contribution in [-0.2, 0) is 86.4 Å². The number of carboxylic acids is 2. The fraction of sp³-hybridized carbons (Fsp3) is 0.582. The molecule has 0 radical (unpaired) electrons. The van der Waals surface area contributed by atoms with E-state index in [0.29, 0.717) is 81.4 Å². The van der Waals surface area contributed by atoms with Gasteiger partial charge in [0.25, 0.3) is 11.8 Å². The summed E-state index contributed by atoms with van der Waals surface area (Å²) in [6.07, 6.45) is 0.456. The molecule has 1 saturated heterocycles. The van der Waals surface area contributed by atoms with Crippen molar-refractivity contribution in [2.75, 3.05) is 64.7 Å². The number of urea groups is 1. The zero-order valence-corrected chi connectivity index (χ0v) is 66.4. The number of imide groups is 1. The van der Waals surface area contributed by atoms with Crippen LogP contribution in [0.2, 0.25) is 0 Å². The summed E-state index contributed by atoms with van der Waals surface area (Å²) in [5.41, 5.74) is 8.58. The van der Waals surface area contributed by atoms with Crippen LogP contribution < -0.4 is 47.9 Å². The highest BCUT2D eigenvalue weighted by Gasteiger charge is 2.44. The Kier molecular flexibility index (Phi) is 39.4. The Morgan fingerprint density at radius 1 is 0.661 bits per heavy atom. The zero-order valence-electron chi connectivity index (χ0n) is 66.4. The molecule has 112 heavy (non-hydrogen) atoms. The second-order valence-electron chi connectivity index (χ2n) is 29.2. The van der Waals surface area contributed by atoms with E-state index in [9.17, 15) is 75.8 Å². The van der Waals surface area contributed by atoms with Crippen LogP contribution in [0.25, 0.3) is 0 Å². The lowest BCUT2D eigenvalue weighted by molar-refractivity contribution is -0.192. The molecule has 3 aromatic carbocycles. The number of likely N-dealkylation sites (N-methyl/N-ethyl adjacent to an activating group) is 1. The summed E-state index contributed by atoms with van der Waals surface area (Å²) >= 11 is 0. The number of likely N-dealkylation sites (tertiary alicyclic amines) is 1. The molecule has 0 unspecified atom stereocenters. The Morgan fingerprint density at radius 3 is 1.80 bits per heavy atom. The van der Waals surface area contributed by atoms with E-state index >= 15 is 0 Å². The van der Waals surface area contributed by atoms with Gasteiger partial charge in [0.2, 0.25) is 41.4 Å². The first-order chi connectivity index (χ1) is 52.8. The van der Waals surface area contributed by atoms with Gasteiger partial charge in [-0.2, -0.15) is 13.2 Å². The average molecular weight is 1580 g/mol. The molecular weight excluding hydrogens is 1460 g/mol. The minimum Gasteiger partial charge on any atom is -0.480 e. The second-order valence-corrected chi connectivity index (χ2v) is 29.2. The Bertz CT molecular complexity index is 3630. The summed E-state index contributed by atoms with van der Waals surface area (Å²) in [7, 11) is 6.27. The number of nitrogens with one attached hydrogen (secondary N) is 7. The fourth-order valence-corrected chi connectivity index (χ4v) is 13.2. The number of hydrogen-bond acceptors (Lipinski definition) is 17. The summed E-state index contributed by atoms with van der Waals surface area (Å²) in [6.45, 7) is 18.0. The predicted octanol–water partition coefficient (Wildman–Crippen LogP) is 7.01. The molecule has 0 bridgehead atoms. The minimum absolute atomic E-state index is 0.0811. The van der Waals surface area contributed by atoms with Crippen molar-refractivity contribution in [1.82, 2.24) is 46.6 Å². The number of unbranched alkanes of at least 4 members (excludes halogenated alkanes) is 2. The van der Waals surface area contributed by atoms with Crippen LogP contribution >= 0.6 is 0 Å². The highest BCUT2D eigenvalue weighted by atomic mass is 19.4. The number of primary amides is 1. The third-order valence-corrected chi connectivity index (χ3v) is 19.8. The maximum atomic E-state index is 14.8. The van der Waals surface area contributed by atoms with Crippen molar-refractivity contribution in [1.29, 1.82) is 0 Å². The van der Waals surface area contributed by atoms with Crippen molar-refractivity contribution < 1.29 is 99.9 Å². The van der Waals surface area contributed by atoms with Crippen molar-refractivity contribution in [3.05, 3.63) is 108 Å². The molecule has 2 aliphatic heterocycles. The second kappa shape index (κ2) is 46.7. The van der Waals surface area contributed by atoms with Crippen LogP contribution in [0.3, 0.4) is 0 Å². The number of anilines is 2. The first kappa shape index (κ1) is 94.4. The number of carbonyl (C=O) groups excluding carboxylic acids is 11. The van der Waals surface area contributed by atoms with Gasteiger partial charge in [0.15, 0.2) is 0 Å². The Labute approximate surface area is 653 Å². The number of aliphatic carboxylic acids is 2. The highest BCUT2D eigenvalue weighted by molar-refractivity contribution is 6.12. The molecule has 0 aliphatic carbocycles. The van der Waals surface area contributed by atoms with Crippen molar-refractivity contribution in [2.24, 2.45) is 35.3 Å². The molecule has 12 amide bonds. The van der Waals surface area contributed by atoms with Crippen molar-refractivity contribution in [2.45, 2.75) is 213 Å². The van der Waals surface area contributed by atoms with Gasteiger partial charge in [-0.05, 0) is 123 Å². The molecule has 30 nitrogen and oxygen atoms in total. The van der Waals surface area contributed by atoms with Crippen LogP contribution in [0.5, 0.6) is 0 Å². The highest BCUT2D eigenvalue weighted by Crippen LogP contribution is 2.31. The number of amides is 12. The van der Waals surface area contributed by atoms with Crippen LogP contribution in [0, 0.1) is 29.6 Å². The van der Waals surface area contributed by atoms with Crippen LogP contribution in [-0.4, -0.2) is 217 Å². The monoisotopic (exact) mass is 1580 g/mol. The topological polar surface area (TPSA) is 413 Å². The van der Waals surface area contributed by atoms with E-state index < -0.39 is 108 Å². The molecule has 33 heteroatoms. The zero-order chi connectivity index (χ0) is 83.7. The summed E-state index contributed by atoms with van der Waals surface area (Å²) in [6, 6.07) is 16.5. The molecule has 3 aromatic rings. The van der Waals surface area contributed by atoms with E-state index in [1.807, 2.05) is 71.9 Å². The quantitative estimate of drug-likeness (QED) is 0.0201. The summed E-state index contributed by atoms with van der Waals surface area (Å²) in [5.74, 6) is -9.34. The first-order valence-corrected chi connectivity index (χ1v) is 37.9. The molecule has 2 heterocycles. The van der Waals surface area contributed by atoms with Gasteiger partial charge < -0.3 is 77.2 Å². The third kappa shape index (κ3) is 30.2. The SMILES string of the molecule is CC[C@H](C)[C@@H]([C@@H](CC(=O)N1CCC[C@H]1[C@H](OC)[C@@H](C)C(=O)N[C@@H](Cc1ccccc1)C(=O)O)OC)N(C)C(=O)[C@@H](NC(=O)[C@@H](NCCCc1ccc(N(C)C(=O)OCc2ccc(NC(=O)[C@H](CCCNC(N)=O)NC(=O)[C@@H](NC(=O)CCCCCN3C(=O)C=CC3=O)C(C)C)cc2)cc1)C(C)C)C(C)C.O=C(O)C(F)(F)F. The molecule has 0 saturated carbocycles. The smallest absolute Gasteiger partial charge is 0.480 e. The van der Waals surface area contributed by atoms with Gasteiger partial charge >= 0.3 is 30.2 Å². The van der Waals surface area contributed by atoms with Gasteiger partial charge in [-0.15, -0.1) is 0 Å². The maximum Gasteiger partial charge on any atom is 0.490 e. The average Bonchev–Trinajstić information content (AvgIpc) is 1.43. The number of nitrogens with two attached hydrogens (primary N) is 1. The number of carboxylic acid groups (broad SMARTS) is 2. The fourth-order valence-electron chi connectivity index (χ4n) is 13.2. The number of alkyl halides is 3. The van der Waals surface area contributed by atoms with E-state index in [0.717, 1.165) is 16.0 Å². The number of rotatable bonds is 44. The third-order valence-electron chi connectivity index (χ3n) is 19.8. The van der Waals surface area contributed by atoms with E-state index in [1.165, 1.54) is 31.3 Å². The van der Waals surface area contributed by atoms with Crippen molar-refractivity contribution >= 4 is 88.6 Å². The van der Waals surface area contributed by atoms with Crippen LogP contribution in [0.4, 0.5) is 34.1 Å². The maximum absolute atomic E-state index is 14.8.